The third-order valence-corrected chi connectivity index (χ3v) is 5.05. The van der Waals surface area contributed by atoms with Crippen LogP contribution >= 0.6 is 34.8 Å². The molecule has 0 aliphatic heterocycles. The second-order valence-corrected chi connectivity index (χ2v) is 7.32. The van der Waals surface area contributed by atoms with Crippen molar-refractivity contribution in [1.82, 2.24) is 4.72 Å². The molecule has 0 heterocycles. The van der Waals surface area contributed by atoms with E-state index in [1.165, 1.54) is 12.1 Å². The van der Waals surface area contributed by atoms with Gasteiger partial charge in [0, 0.05) is 11.6 Å². The van der Waals surface area contributed by atoms with Crippen LogP contribution in [0.1, 0.15) is 13.8 Å². The monoisotopic (exact) mass is 345 g/mol. The minimum atomic E-state index is -3.90. The molecule has 1 aromatic rings. The molecule has 0 bridgehead atoms. The molecule has 1 unspecified atom stereocenters. The van der Waals surface area contributed by atoms with E-state index in [0.717, 1.165) is 0 Å². The summed E-state index contributed by atoms with van der Waals surface area (Å²) < 4.78 is 26.4. The highest BCUT2D eigenvalue weighted by molar-refractivity contribution is 7.89. The van der Waals surface area contributed by atoms with E-state index in [9.17, 15) is 13.5 Å². The van der Waals surface area contributed by atoms with Gasteiger partial charge in [0.2, 0.25) is 10.0 Å². The Balaban J connectivity index is 3.02. The number of sulfonamides is 1. The lowest BCUT2D eigenvalue weighted by atomic mass is 10.1. The third-order valence-electron chi connectivity index (χ3n) is 2.48. The van der Waals surface area contributed by atoms with Crippen LogP contribution < -0.4 is 4.72 Å². The zero-order chi connectivity index (χ0) is 14.8. The van der Waals surface area contributed by atoms with Crippen LogP contribution in [-0.4, -0.2) is 26.2 Å². The number of aliphatic hydroxyl groups is 1. The van der Waals surface area contributed by atoms with Crippen LogP contribution in [0.4, 0.5) is 0 Å². The molecule has 2 N–H and O–H groups in total. The number of hydrogen-bond acceptors (Lipinski definition) is 3. The van der Waals surface area contributed by atoms with E-state index in [-0.39, 0.29) is 32.4 Å². The lowest BCUT2D eigenvalue weighted by molar-refractivity contribution is 0.129. The van der Waals surface area contributed by atoms with Gasteiger partial charge in [0.15, 0.2) is 0 Å². The Hall–Kier alpha value is -0.0400. The molecule has 0 aliphatic carbocycles. The standard InChI is InChI=1S/C11H14Cl3NO3S/c1-6(2)10(16)5-15-19(17,18)11-8(13)3-7(12)4-9(11)14/h3-4,6,10,15-16H,5H2,1-2H3. The summed E-state index contributed by atoms with van der Waals surface area (Å²) in [6.07, 6.45) is -0.792. The highest BCUT2D eigenvalue weighted by Gasteiger charge is 2.23. The molecule has 0 spiro atoms. The fourth-order valence-electron chi connectivity index (χ4n) is 1.29. The van der Waals surface area contributed by atoms with Crippen molar-refractivity contribution in [2.45, 2.75) is 24.8 Å². The summed E-state index contributed by atoms with van der Waals surface area (Å²) in [5.41, 5.74) is 0. The second kappa shape index (κ2) is 6.61. The van der Waals surface area contributed by atoms with Crippen LogP contribution in [0.15, 0.2) is 17.0 Å². The summed E-state index contributed by atoms with van der Waals surface area (Å²) in [5.74, 6) is -0.0705. The molecule has 0 saturated carbocycles. The molecular weight excluding hydrogens is 333 g/mol. The lowest BCUT2D eigenvalue weighted by Crippen LogP contribution is -2.35. The van der Waals surface area contributed by atoms with Crippen LogP contribution in [0, 0.1) is 5.92 Å². The topological polar surface area (TPSA) is 66.4 Å². The molecule has 0 fully saturated rings. The van der Waals surface area contributed by atoms with Gasteiger partial charge in [-0.1, -0.05) is 48.7 Å². The van der Waals surface area contributed by atoms with Crippen molar-refractivity contribution in [2.75, 3.05) is 6.54 Å². The van der Waals surface area contributed by atoms with E-state index >= 15 is 0 Å². The largest absolute Gasteiger partial charge is 0.391 e. The highest BCUT2D eigenvalue weighted by atomic mass is 35.5. The van der Waals surface area contributed by atoms with Crippen molar-refractivity contribution < 1.29 is 13.5 Å². The van der Waals surface area contributed by atoms with E-state index in [2.05, 4.69) is 4.72 Å². The van der Waals surface area contributed by atoms with E-state index < -0.39 is 16.1 Å². The SMILES string of the molecule is CC(C)C(O)CNS(=O)(=O)c1c(Cl)cc(Cl)cc1Cl. The molecule has 8 heteroatoms. The number of halogens is 3. The minimum absolute atomic E-state index is 0.0657. The normalized spacial score (nSPS) is 13.8. The van der Waals surface area contributed by atoms with Crippen molar-refractivity contribution in [1.29, 1.82) is 0 Å². The Morgan fingerprint density at radius 3 is 2.11 bits per heavy atom. The number of rotatable bonds is 5. The molecular formula is C11H14Cl3NO3S. The molecule has 1 atom stereocenters. The first-order valence-electron chi connectivity index (χ1n) is 5.47. The summed E-state index contributed by atoms with van der Waals surface area (Å²) in [7, 11) is -3.90. The van der Waals surface area contributed by atoms with Crippen LogP contribution in [0.3, 0.4) is 0 Å². The zero-order valence-corrected chi connectivity index (χ0v) is 13.4. The summed E-state index contributed by atoms with van der Waals surface area (Å²) in [6, 6.07) is 2.59. The maximum absolute atomic E-state index is 12.1. The van der Waals surface area contributed by atoms with Gasteiger partial charge in [-0.3, -0.25) is 0 Å². The number of nitrogens with one attached hydrogen (secondary N) is 1. The summed E-state index contributed by atoms with van der Waals surface area (Å²) in [6.45, 7) is 3.44. The molecule has 108 valence electrons. The van der Waals surface area contributed by atoms with Crippen LogP contribution in [0.2, 0.25) is 15.1 Å². The quantitative estimate of drug-likeness (QED) is 0.861. The molecule has 19 heavy (non-hydrogen) atoms. The van der Waals surface area contributed by atoms with Crippen LogP contribution in [0.25, 0.3) is 0 Å². The maximum atomic E-state index is 12.1. The smallest absolute Gasteiger partial charge is 0.243 e. The van der Waals surface area contributed by atoms with Gasteiger partial charge in [-0.25, -0.2) is 13.1 Å². The van der Waals surface area contributed by atoms with Crippen molar-refractivity contribution in [3.8, 4) is 0 Å². The molecule has 0 saturated heterocycles. The average molecular weight is 347 g/mol. The van der Waals surface area contributed by atoms with Crippen LogP contribution in [0.5, 0.6) is 0 Å². The molecule has 4 nitrogen and oxygen atoms in total. The fourth-order valence-corrected chi connectivity index (χ4v) is 3.88. The zero-order valence-electron chi connectivity index (χ0n) is 10.3. The van der Waals surface area contributed by atoms with E-state index in [4.69, 9.17) is 34.8 Å². The molecule has 0 aromatic heterocycles. The Morgan fingerprint density at radius 1 is 1.21 bits per heavy atom. The lowest BCUT2D eigenvalue weighted by Gasteiger charge is -2.16. The predicted octanol–water partition coefficient (Wildman–Crippen LogP) is 2.94. The molecule has 1 rings (SSSR count). The van der Waals surface area contributed by atoms with Crippen molar-refractivity contribution >= 4 is 44.8 Å². The van der Waals surface area contributed by atoms with Gasteiger partial charge in [-0.2, -0.15) is 0 Å². The van der Waals surface area contributed by atoms with Gasteiger partial charge in [0.05, 0.1) is 16.1 Å². The van der Waals surface area contributed by atoms with Crippen molar-refractivity contribution in [3.05, 3.63) is 27.2 Å². The first-order valence-corrected chi connectivity index (χ1v) is 8.09. The first-order chi connectivity index (χ1) is 8.65. The van der Waals surface area contributed by atoms with Gasteiger partial charge in [-0.15, -0.1) is 0 Å². The molecule has 0 aliphatic rings. The first kappa shape index (κ1) is 17.0. The van der Waals surface area contributed by atoms with Crippen molar-refractivity contribution in [3.63, 3.8) is 0 Å². The van der Waals surface area contributed by atoms with E-state index in [1.54, 1.807) is 13.8 Å². The summed E-state index contributed by atoms with van der Waals surface area (Å²) >= 11 is 17.4. The fraction of sp³-hybridized carbons (Fsp3) is 0.455. The van der Waals surface area contributed by atoms with Crippen molar-refractivity contribution in [2.24, 2.45) is 5.92 Å². The average Bonchev–Trinajstić information content (AvgIpc) is 2.23. The number of hydrogen-bond donors (Lipinski definition) is 2. The third kappa shape index (κ3) is 4.48. The van der Waals surface area contributed by atoms with Gasteiger partial charge in [0.1, 0.15) is 4.90 Å². The van der Waals surface area contributed by atoms with Crippen LogP contribution in [-0.2, 0) is 10.0 Å². The molecule has 0 amide bonds. The van der Waals surface area contributed by atoms with Gasteiger partial charge >= 0.3 is 0 Å². The predicted molar refractivity (Wildman–Crippen MR) is 77.5 cm³/mol. The second-order valence-electron chi connectivity index (χ2n) is 4.36. The Bertz CT molecular complexity index is 537. The van der Waals surface area contributed by atoms with Gasteiger partial charge in [0.25, 0.3) is 0 Å². The molecule has 0 radical (unpaired) electrons. The van der Waals surface area contributed by atoms with Gasteiger partial charge < -0.3 is 5.11 Å². The minimum Gasteiger partial charge on any atom is -0.391 e. The van der Waals surface area contributed by atoms with E-state index in [1.807, 2.05) is 0 Å². The number of aliphatic hydroxyl groups excluding tert-OH is 1. The molecule has 1 aromatic carbocycles. The van der Waals surface area contributed by atoms with E-state index in [0.29, 0.717) is 0 Å². The summed E-state index contributed by atoms with van der Waals surface area (Å²) in [5, 5.41) is 9.72. The maximum Gasteiger partial charge on any atom is 0.243 e. The Labute approximate surface area is 127 Å². The summed E-state index contributed by atoms with van der Waals surface area (Å²) in [4.78, 5) is -0.240. The Morgan fingerprint density at radius 2 is 1.68 bits per heavy atom. The highest BCUT2D eigenvalue weighted by Crippen LogP contribution is 2.32. The van der Waals surface area contributed by atoms with Gasteiger partial charge in [-0.05, 0) is 18.1 Å². The Kier molecular flexibility index (Phi) is 5.92. The number of benzene rings is 1.